The third-order valence-corrected chi connectivity index (χ3v) is 25.9. The van der Waals surface area contributed by atoms with E-state index in [9.17, 15) is 31.5 Å². The molecule has 0 amide bonds. The Bertz CT molecular complexity index is 8020. The molecule has 14 aromatic rings. The maximum atomic E-state index is 12.0. The molecule has 0 saturated carbocycles. The van der Waals surface area contributed by atoms with Crippen LogP contribution in [0.25, 0.3) is 94.3 Å². The fourth-order valence-corrected chi connectivity index (χ4v) is 17.9. The van der Waals surface area contributed by atoms with Gasteiger partial charge in [0.2, 0.25) is 0 Å². The Labute approximate surface area is 816 Å². The van der Waals surface area contributed by atoms with Crippen molar-refractivity contribution in [2.24, 2.45) is 0 Å². The number of anilines is 6. The van der Waals surface area contributed by atoms with Gasteiger partial charge in [-0.2, -0.15) is 0 Å². The van der Waals surface area contributed by atoms with Crippen molar-refractivity contribution in [2.45, 2.75) is 314 Å². The first-order valence-corrected chi connectivity index (χ1v) is 46.5. The van der Waals surface area contributed by atoms with Crippen LogP contribution in [0.4, 0.5) is 34.1 Å². The van der Waals surface area contributed by atoms with Crippen molar-refractivity contribution in [1.29, 1.82) is 0 Å². The fraction of sp³-hybridized carbons (Fsp3) is 0.381. The van der Waals surface area contributed by atoms with Crippen LogP contribution in [0, 0.1) is 0 Å². The van der Waals surface area contributed by atoms with Crippen molar-refractivity contribution >= 4 is 79.0 Å². The third-order valence-electron chi connectivity index (χ3n) is 25.9. The van der Waals surface area contributed by atoms with Crippen LogP contribution in [-0.4, -0.2) is 11.3 Å². The summed E-state index contributed by atoms with van der Waals surface area (Å²) >= 11 is 0. The predicted octanol–water partition coefficient (Wildman–Crippen LogP) is 34.4. The van der Waals surface area contributed by atoms with Gasteiger partial charge >= 0.3 is 0 Å². The first kappa shape index (κ1) is 67.5. The molecule has 13 aromatic carbocycles. The van der Waals surface area contributed by atoms with Crippen molar-refractivity contribution in [3.63, 3.8) is 0 Å². The number of hydrogen-bond donors (Lipinski definition) is 0. The van der Waals surface area contributed by atoms with Gasteiger partial charge in [0.15, 0.2) is 0 Å². The standard InChI is InChI=1S/C126H148BN3/c1-115(2,3)84-50-45-78(46-51-84)95-72-92(123(25,26)27)74-97(83-63-90(121(19,20)21)69-91(64-83)122(22,23)24)113(95)130-108-76-94(128-105-59-54-86(117(7,8)9)70-98(105)99-71-87(118(10,11)12)55-60-106(99)128)56-58-104(108)127-103-57-49-80(77-41-38-37-39-42-77)65-107(103)129(109-66-82(67-110(130)112(109)127)81-61-88(119(13,14)15)68-89(62-81)120(16,17)18)114-96(79-47-52-85(53-48-79)116(4,5)6)73-93(124(28,29)30)75-100(114)111-101(125(31,32)33)43-40-44-102(111)126(34,35)36/h37-76H,1-36H3/i37D,38D,39D,40D,41D,42D,43D,44D,45D,46D,47D,48D,50D,51D,52D,53D,63D,64D,69D,72D,73D,74D,75D. The van der Waals surface area contributed by atoms with E-state index in [1.165, 1.54) is 0 Å². The summed E-state index contributed by atoms with van der Waals surface area (Å²) in [6.45, 7) is 69.0. The molecule has 0 fully saturated rings. The molecule has 1 aromatic heterocycles. The van der Waals surface area contributed by atoms with E-state index >= 15 is 0 Å². The number of aromatic nitrogens is 1. The molecular formula is C126H148BN3. The molecule has 0 saturated heterocycles. The van der Waals surface area contributed by atoms with Crippen LogP contribution in [0.1, 0.15) is 348 Å². The Balaban J connectivity index is 1.33. The van der Waals surface area contributed by atoms with Gasteiger partial charge in [-0.15, -0.1) is 0 Å². The monoisotopic (exact) mass is 1740 g/mol. The van der Waals surface area contributed by atoms with Crippen LogP contribution in [0.3, 0.4) is 0 Å². The van der Waals surface area contributed by atoms with Gasteiger partial charge < -0.3 is 14.4 Å². The van der Waals surface area contributed by atoms with Crippen molar-refractivity contribution < 1.29 is 31.5 Å². The molecule has 0 N–H and O–H groups in total. The highest BCUT2D eigenvalue weighted by Crippen LogP contribution is 2.59. The van der Waals surface area contributed by atoms with Gasteiger partial charge in [-0.3, -0.25) is 0 Å². The molecular weight excluding hydrogens is 1570 g/mol. The first-order valence-electron chi connectivity index (χ1n) is 58.0. The summed E-state index contributed by atoms with van der Waals surface area (Å²) in [5.41, 5.74) is -3.69. The highest BCUT2D eigenvalue weighted by Gasteiger charge is 2.48. The minimum absolute atomic E-state index is 0.0303. The molecule has 2 aliphatic heterocycles. The van der Waals surface area contributed by atoms with E-state index in [-0.39, 0.29) is 182 Å². The molecule has 130 heavy (non-hydrogen) atoms. The Kier molecular flexibility index (Phi) is 16.4. The smallest absolute Gasteiger partial charge is 0.252 e. The second-order valence-corrected chi connectivity index (χ2v) is 49.1. The number of hydrogen-bond acceptors (Lipinski definition) is 2. The lowest BCUT2D eigenvalue weighted by Gasteiger charge is -2.46. The van der Waals surface area contributed by atoms with E-state index in [1.54, 1.807) is 32.9 Å². The first-order chi connectivity index (χ1) is 69.7. The minimum atomic E-state index is -1.29. The topological polar surface area (TPSA) is 11.4 Å². The summed E-state index contributed by atoms with van der Waals surface area (Å²) in [6.07, 6.45) is 0. The van der Waals surface area contributed by atoms with Gasteiger partial charge in [0.05, 0.1) is 53.9 Å². The van der Waals surface area contributed by atoms with E-state index in [4.69, 9.17) is 0 Å². The van der Waals surface area contributed by atoms with Crippen LogP contribution in [0.2, 0.25) is 0 Å². The largest absolute Gasteiger partial charge is 0.310 e. The van der Waals surface area contributed by atoms with Gasteiger partial charge in [0.25, 0.3) is 6.71 Å². The average Bonchev–Trinajstić information content (AvgIpc) is 1.10. The molecule has 0 aliphatic carbocycles. The zero-order valence-corrected chi connectivity index (χ0v) is 84.2. The van der Waals surface area contributed by atoms with Crippen LogP contribution in [0.5, 0.6) is 0 Å². The van der Waals surface area contributed by atoms with Gasteiger partial charge in [0.1, 0.15) is 0 Å². The maximum Gasteiger partial charge on any atom is 0.252 e. The maximum absolute atomic E-state index is 12.0. The molecule has 0 unspecified atom stereocenters. The third kappa shape index (κ3) is 17.3. The fourth-order valence-electron chi connectivity index (χ4n) is 17.9. The lowest BCUT2D eigenvalue weighted by molar-refractivity contribution is 0.568. The molecule has 4 heteroatoms. The second-order valence-electron chi connectivity index (χ2n) is 49.1. The molecule has 16 rings (SSSR count). The number of fused-ring (bicyclic) bond motifs is 7. The van der Waals surface area contributed by atoms with Crippen LogP contribution in [-0.2, 0) is 65.0 Å². The number of benzene rings is 13. The zero-order valence-electron chi connectivity index (χ0n) is 107. The Morgan fingerprint density at radius 3 is 0.985 bits per heavy atom. The Morgan fingerprint density at radius 2 is 0.585 bits per heavy atom. The van der Waals surface area contributed by atoms with E-state index < -0.39 is 163 Å². The summed E-state index contributed by atoms with van der Waals surface area (Å²) in [7, 11) is 0. The molecule has 0 radical (unpaired) electrons. The van der Waals surface area contributed by atoms with Crippen LogP contribution in [0.15, 0.2) is 242 Å². The van der Waals surface area contributed by atoms with Gasteiger partial charge in [0, 0.05) is 61.5 Å². The number of nitrogens with zero attached hydrogens (tertiary/aromatic N) is 3. The van der Waals surface area contributed by atoms with E-state index in [2.05, 4.69) is 142 Å². The van der Waals surface area contributed by atoms with Gasteiger partial charge in [-0.05, 0) is 271 Å². The normalized spacial score (nSPS) is 16.4. The number of rotatable bonds is 9. The van der Waals surface area contributed by atoms with Crippen molar-refractivity contribution in [1.82, 2.24) is 4.57 Å². The van der Waals surface area contributed by atoms with Crippen molar-refractivity contribution in [3.05, 3.63) is 309 Å². The lowest BCUT2D eigenvalue weighted by Crippen LogP contribution is -2.61. The predicted molar refractivity (Wildman–Crippen MR) is 572 cm³/mol. The quantitative estimate of drug-likeness (QED) is 0.133. The second kappa shape index (κ2) is 31.5. The molecule has 0 bridgehead atoms. The van der Waals surface area contributed by atoms with E-state index in [0.29, 0.717) is 33.2 Å². The SMILES string of the molecule is [2H]c1c([2H])c([2H])c(-c2ccc3c(c2)N(c2c(-c4c([2H])c([2H])c(C(C)(C)C)c([2H])c4[2H])c([2H])c(C(C)(C)C)c([2H])c2-c2c(C(C)(C)C)c([2H])c([2H])c([2H])c2C(C)(C)C)c2cc(-c4cc(C(C)(C)C)cc(C(C)(C)C)c4)cc4c2B3c2ccc(-n3c5ccc(C(C)(C)C)cc5c5cc(C(C)(C)C)ccc53)cc2N4c2c(-c3c([2H])c([2H])c(C(C)(C)C)c([2H])c3[2H])c([2H])c(C(C)(C)C)c([2H])c2-c2c([2H])c(C(C)(C)C)c([2H])c(C(C)(C)C)c2[2H])c([2H])c1[2H]. The Morgan fingerprint density at radius 1 is 0.231 bits per heavy atom. The van der Waals surface area contributed by atoms with E-state index in [1.807, 2.05) is 192 Å². The highest BCUT2D eigenvalue weighted by atomic mass is 15.2. The lowest BCUT2D eigenvalue weighted by atomic mass is 9.33. The zero-order chi connectivity index (χ0) is 115. The molecule has 2 aliphatic rings. The molecule has 0 atom stereocenters. The Hall–Kier alpha value is -10.7. The highest BCUT2D eigenvalue weighted by molar-refractivity contribution is 7.00. The van der Waals surface area contributed by atoms with Gasteiger partial charge in [-0.1, -0.05) is 413 Å². The van der Waals surface area contributed by atoms with E-state index in [0.717, 1.165) is 44.1 Å². The van der Waals surface area contributed by atoms with Crippen molar-refractivity contribution in [2.75, 3.05) is 9.80 Å². The van der Waals surface area contributed by atoms with Gasteiger partial charge in [-0.25, -0.2) is 0 Å². The summed E-state index contributed by atoms with van der Waals surface area (Å²) in [5.74, 6) is 0. The molecule has 3 nitrogen and oxygen atoms in total. The molecule has 670 valence electrons. The molecule has 0 spiro atoms. The van der Waals surface area contributed by atoms with Crippen molar-refractivity contribution in [3.8, 4) is 72.4 Å². The van der Waals surface area contributed by atoms with Crippen LogP contribution >= 0.6 is 0 Å². The average molecular weight is 1740 g/mol. The summed E-state index contributed by atoms with van der Waals surface area (Å²) in [5, 5.41) is 1.85. The summed E-state index contributed by atoms with van der Waals surface area (Å²) in [6, 6.07) is 24.1. The molecule has 3 heterocycles. The summed E-state index contributed by atoms with van der Waals surface area (Å²) < 4.78 is 250. The summed E-state index contributed by atoms with van der Waals surface area (Å²) in [4.78, 5) is 3.75. The van der Waals surface area contributed by atoms with Crippen LogP contribution < -0.4 is 26.2 Å². The minimum Gasteiger partial charge on any atom is -0.310 e.